The minimum Gasteiger partial charge on any atom is -0.507 e. The fourth-order valence-electron chi connectivity index (χ4n) is 4.71. The van der Waals surface area contributed by atoms with Gasteiger partial charge in [-0.1, -0.05) is 106 Å². The van der Waals surface area contributed by atoms with E-state index in [1.54, 1.807) is 0 Å². The second kappa shape index (κ2) is 12.7. The van der Waals surface area contributed by atoms with E-state index in [-0.39, 0.29) is 16.2 Å². The molecule has 2 aromatic rings. The highest BCUT2D eigenvalue weighted by atomic mass is 16.3. The van der Waals surface area contributed by atoms with Crippen LogP contribution < -0.4 is 10.6 Å². The van der Waals surface area contributed by atoms with E-state index in [0.717, 1.165) is 61.0 Å². The summed E-state index contributed by atoms with van der Waals surface area (Å²) in [7, 11) is 0. The molecule has 0 heterocycles. The monoisotopic (exact) mass is 510 g/mol. The summed E-state index contributed by atoms with van der Waals surface area (Å²) in [6.07, 6.45) is 3.81. The van der Waals surface area contributed by atoms with Crippen LogP contribution in [0.5, 0.6) is 11.5 Å². The van der Waals surface area contributed by atoms with Crippen LogP contribution in [0.25, 0.3) is 0 Å². The van der Waals surface area contributed by atoms with Gasteiger partial charge in [0.05, 0.1) is 0 Å². The molecule has 0 atom stereocenters. The molecule has 0 aromatic heterocycles. The highest BCUT2D eigenvalue weighted by Gasteiger charge is 2.22. The first kappa shape index (κ1) is 31.2. The Morgan fingerprint density at radius 3 is 1.19 bits per heavy atom. The average molecular weight is 511 g/mol. The standard InChI is InChI=1S/C33H54N2O2/c1-11-13-23-15-27(31(3,4)5)17-25(29(23)36)19-34-21-33(9,10)22-35-20-26-18-28(32(6,7)8)16-24(14-12-2)30(26)37/h15-18,34-37H,11-14,19-22H2,1-10H3. The average Bonchev–Trinajstić information content (AvgIpc) is 2.77. The van der Waals surface area contributed by atoms with Crippen molar-refractivity contribution in [3.8, 4) is 11.5 Å². The van der Waals surface area contributed by atoms with Crippen molar-refractivity contribution in [2.45, 2.75) is 119 Å². The second-order valence-electron chi connectivity index (χ2n) is 13.7. The van der Waals surface area contributed by atoms with E-state index in [9.17, 15) is 10.2 Å². The molecule has 2 aromatic carbocycles. The third-order valence-corrected chi connectivity index (χ3v) is 7.14. The minimum absolute atomic E-state index is 0.00695. The lowest BCUT2D eigenvalue weighted by Crippen LogP contribution is -2.37. The molecule has 2 rings (SSSR count). The Labute approximate surface area is 227 Å². The number of aryl methyl sites for hydroxylation is 2. The van der Waals surface area contributed by atoms with Crippen molar-refractivity contribution < 1.29 is 10.2 Å². The van der Waals surface area contributed by atoms with Gasteiger partial charge in [0.1, 0.15) is 11.5 Å². The fourth-order valence-corrected chi connectivity index (χ4v) is 4.71. The molecule has 0 unspecified atom stereocenters. The van der Waals surface area contributed by atoms with Crippen LogP contribution in [0.2, 0.25) is 0 Å². The van der Waals surface area contributed by atoms with Crippen LogP contribution in [-0.4, -0.2) is 23.3 Å². The molecule has 4 heteroatoms. The van der Waals surface area contributed by atoms with Crippen molar-refractivity contribution in [1.29, 1.82) is 0 Å². The molecular formula is C33H54N2O2. The second-order valence-corrected chi connectivity index (χ2v) is 13.7. The van der Waals surface area contributed by atoms with E-state index in [0.29, 0.717) is 24.6 Å². The largest absolute Gasteiger partial charge is 0.507 e. The first-order chi connectivity index (χ1) is 17.1. The van der Waals surface area contributed by atoms with Crippen molar-refractivity contribution in [2.75, 3.05) is 13.1 Å². The van der Waals surface area contributed by atoms with Gasteiger partial charge in [-0.2, -0.15) is 0 Å². The molecule has 0 saturated heterocycles. The van der Waals surface area contributed by atoms with Gasteiger partial charge in [-0.05, 0) is 51.3 Å². The van der Waals surface area contributed by atoms with Crippen LogP contribution >= 0.6 is 0 Å². The van der Waals surface area contributed by atoms with Crippen molar-refractivity contribution >= 4 is 0 Å². The summed E-state index contributed by atoms with van der Waals surface area (Å²) in [6, 6.07) is 8.66. The maximum Gasteiger partial charge on any atom is 0.123 e. The van der Waals surface area contributed by atoms with Gasteiger partial charge in [0.2, 0.25) is 0 Å². The summed E-state index contributed by atoms with van der Waals surface area (Å²) in [6.45, 7) is 25.1. The Balaban J connectivity index is 2.05. The van der Waals surface area contributed by atoms with Crippen LogP contribution in [0.15, 0.2) is 24.3 Å². The molecular weight excluding hydrogens is 456 g/mol. The topological polar surface area (TPSA) is 64.5 Å². The number of hydrogen-bond donors (Lipinski definition) is 4. The predicted octanol–water partition coefficient (Wildman–Crippen LogP) is 7.50. The minimum atomic E-state index is 0.00695. The number of phenolic OH excluding ortho intramolecular Hbond substituents is 2. The van der Waals surface area contributed by atoms with E-state index >= 15 is 0 Å². The first-order valence-corrected chi connectivity index (χ1v) is 14.2. The maximum absolute atomic E-state index is 10.9. The summed E-state index contributed by atoms with van der Waals surface area (Å²) in [5, 5.41) is 29.0. The molecule has 0 radical (unpaired) electrons. The van der Waals surface area contributed by atoms with E-state index in [4.69, 9.17) is 0 Å². The maximum atomic E-state index is 10.9. The Kier molecular flexibility index (Phi) is 10.7. The first-order valence-electron chi connectivity index (χ1n) is 14.2. The summed E-state index contributed by atoms with van der Waals surface area (Å²) in [4.78, 5) is 0. The van der Waals surface area contributed by atoms with Crippen molar-refractivity contribution in [1.82, 2.24) is 10.6 Å². The number of aromatic hydroxyl groups is 2. The number of benzene rings is 2. The van der Waals surface area contributed by atoms with E-state index in [1.165, 1.54) is 11.1 Å². The lowest BCUT2D eigenvalue weighted by atomic mass is 9.84. The van der Waals surface area contributed by atoms with Crippen LogP contribution in [0.4, 0.5) is 0 Å². The van der Waals surface area contributed by atoms with Crippen molar-refractivity contribution in [2.24, 2.45) is 5.41 Å². The molecule has 4 nitrogen and oxygen atoms in total. The van der Waals surface area contributed by atoms with Crippen molar-refractivity contribution in [3.63, 3.8) is 0 Å². The van der Waals surface area contributed by atoms with Crippen LogP contribution in [0.3, 0.4) is 0 Å². The molecule has 4 N–H and O–H groups in total. The predicted molar refractivity (Wildman–Crippen MR) is 159 cm³/mol. The summed E-state index contributed by atoms with van der Waals surface area (Å²) in [5.41, 5.74) is 6.69. The molecule has 0 saturated carbocycles. The van der Waals surface area contributed by atoms with E-state index in [1.807, 2.05) is 0 Å². The zero-order valence-electron chi connectivity index (χ0n) is 25.4. The molecule has 37 heavy (non-hydrogen) atoms. The molecule has 0 aliphatic rings. The van der Waals surface area contributed by atoms with Gasteiger partial charge in [-0.25, -0.2) is 0 Å². The number of phenols is 2. The van der Waals surface area contributed by atoms with Crippen LogP contribution in [0.1, 0.15) is 115 Å². The highest BCUT2D eigenvalue weighted by Crippen LogP contribution is 2.33. The zero-order chi connectivity index (χ0) is 28.0. The fraction of sp³-hybridized carbons (Fsp3) is 0.636. The van der Waals surface area contributed by atoms with Crippen LogP contribution in [0, 0.1) is 5.41 Å². The lowest BCUT2D eigenvalue weighted by molar-refractivity contribution is 0.317. The third kappa shape index (κ3) is 9.04. The quantitative estimate of drug-likeness (QED) is 0.239. The van der Waals surface area contributed by atoms with Gasteiger partial charge in [-0.3, -0.25) is 0 Å². The summed E-state index contributed by atoms with van der Waals surface area (Å²) < 4.78 is 0. The molecule has 0 aliphatic carbocycles. The number of hydrogen-bond acceptors (Lipinski definition) is 4. The highest BCUT2D eigenvalue weighted by molar-refractivity contribution is 5.47. The zero-order valence-corrected chi connectivity index (χ0v) is 25.4. The normalized spacial score (nSPS) is 12.8. The van der Waals surface area contributed by atoms with E-state index < -0.39 is 0 Å². The van der Waals surface area contributed by atoms with Gasteiger partial charge in [-0.15, -0.1) is 0 Å². The van der Waals surface area contributed by atoms with Crippen LogP contribution in [-0.2, 0) is 36.8 Å². The Bertz CT molecular complexity index is 945. The Morgan fingerprint density at radius 2 is 0.892 bits per heavy atom. The smallest absolute Gasteiger partial charge is 0.123 e. The molecule has 0 aliphatic heterocycles. The summed E-state index contributed by atoms with van der Waals surface area (Å²) in [5.74, 6) is 0.880. The van der Waals surface area contributed by atoms with Gasteiger partial charge >= 0.3 is 0 Å². The van der Waals surface area contributed by atoms with Gasteiger partial charge in [0, 0.05) is 37.3 Å². The summed E-state index contributed by atoms with van der Waals surface area (Å²) >= 11 is 0. The molecule has 0 bridgehead atoms. The van der Waals surface area contributed by atoms with Gasteiger partial charge in [0.15, 0.2) is 0 Å². The third-order valence-electron chi connectivity index (χ3n) is 7.14. The molecule has 0 amide bonds. The lowest BCUT2D eigenvalue weighted by Gasteiger charge is -2.27. The van der Waals surface area contributed by atoms with E-state index in [2.05, 4.69) is 104 Å². The molecule has 0 spiro atoms. The van der Waals surface area contributed by atoms with Gasteiger partial charge < -0.3 is 20.8 Å². The number of nitrogens with one attached hydrogen (secondary N) is 2. The Hall–Kier alpha value is -2.04. The van der Waals surface area contributed by atoms with Crippen molar-refractivity contribution in [3.05, 3.63) is 57.6 Å². The van der Waals surface area contributed by atoms with Gasteiger partial charge in [0.25, 0.3) is 0 Å². The SMILES string of the molecule is CCCc1cc(C(C)(C)C)cc(CNCC(C)(C)CNCc2cc(C(C)(C)C)cc(CCC)c2O)c1O. The Morgan fingerprint density at radius 1 is 0.568 bits per heavy atom. The number of rotatable bonds is 12. The molecule has 208 valence electrons. The molecule has 0 fully saturated rings.